The number of nitrogens with zero attached hydrogens (tertiary/aromatic N) is 2. The number of nitrogens with one attached hydrogen (secondary N) is 1. The SMILES string of the molecule is CC(C)(Nc1nc(Br)cs1)c1nccs1. The van der Waals surface area contributed by atoms with Crippen LogP contribution in [0.25, 0.3) is 0 Å². The first-order valence-corrected chi connectivity index (χ1v) is 6.92. The Balaban J connectivity index is 2.18. The van der Waals surface area contributed by atoms with Crippen molar-refractivity contribution < 1.29 is 0 Å². The molecule has 2 rings (SSSR count). The van der Waals surface area contributed by atoms with Crippen LogP contribution in [0, 0.1) is 0 Å². The summed E-state index contributed by atoms with van der Waals surface area (Å²) in [5.41, 5.74) is -0.175. The largest absolute Gasteiger partial charge is 0.350 e. The molecule has 0 aliphatic carbocycles. The molecule has 3 nitrogen and oxygen atoms in total. The standard InChI is InChI=1S/C9H10BrN3S2/c1-9(2,7-11-3-4-14-7)13-8-12-6(10)5-15-8/h3-5H,1-2H3,(H,12,13). The van der Waals surface area contributed by atoms with Crippen LogP contribution in [-0.2, 0) is 5.54 Å². The molecule has 0 aromatic carbocycles. The van der Waals surface area contributed by atoms with E-state index in [9.17, 15) is 0 Å². The lowest BCUT2D eigenvalue weighted by Crippen LogP contribution is -2.27. The van der Waals surface area contributed by atoms with Crippen molar-refractivity contribution in [3.8, 4) is 0 Å². The van der Waals surface area contributed by atoms with Crippen LogP contribution in [0.3, 0.4) is 0 Å². The van der Waals surface area contributed by atoms with Gasteiger partial charge in [0.05, 0.1) is 5.54 Å². The van der Waals surface area contributed by atoms with E-state index in [-0.39, 0.29) is 5.54 Å². The maximum atomic E-state index is 4.31. The van der Waals surface area contributed by atoms with Gasteiger partial charge in [-0.05, 0) is 29.8 Å². The summed E-state index contributed by atoms with van der Waals surface area (Å²) in [7, 11) is 0. The normalized spacial score (nSPS) is 11.7. The van der Waals surface area contributed by atoms with Gasteiger partial charge < -0.3 is 5.32 Å². The highest BCUT2D eigenvalue weighted by atomic mass is 79.9. The Labute approximate surface area is 105 Å². The molecule has 0 fully saturated rings. The van der Waals surface area contributed by atoms with E-state index < -0.39 is 0 Å². The van der Waals surface area contributed by atoms with Crippen LogP contribution >= 0.6 is 38.6 Å². The van der Waals surface area contributed by atoms with E-state index in [0.29, 0.717) is 0 Å². The molecular formula is C9H10BrN3S2. The average Bonchev–Trinajstić information content (AvgIpc) is 2.75. The summed E-state index contributed by atoms with van der Waals surface area (Å²) in [4.78, 5) is 8.62. The van der Waals surface area contributed by atoms with Crippen molar-refractivity contribution in [2.75, 3.05) is 5.32 Å². The summed E-state index contributed by atoms with van der Waals surface area (Å²) in [5.74, 6) is 0. The van der Waals surface area contributed by atoms with Gasteiger partial charge in [0, 0.05) is 17.0 Å². The van der Waals surface area contributed by atoms with E-state index >= 15 is 0 Å². The predicted molar refractivity (Wildman–Crippen MR) is 68.6 cm³/mol. The summed E-state index contributed by atoms with van der Waals surface area (Å²) >= 11 is 6.56. The van der Waals surface area contributed by atoms with Crippen molar-refractivity contribution in [3.05, 3.63) is 26.6 Å². The fraction of sp³-hybridized carbons (Fsp3) is 0.333. The van der Waals surface area contributed by atoms with Crippen LogP contribution in [0.15, 0.2) is 21.6 Å². The number of thiazole rings is 2. The summed E-state index contributed by atoms with van der Waals surface area (Å²) in [5, 5.41) is 9.28. The number of rotatable bonds is 3. The van der Waals surface area contributed by atoms with Gasteiger partial charge in [-0.1, -0.05) is 0 Å². The third-order valence-electron chi connectivity index (χ3n) is 1.86. The molecule has 0 saturated carbocycles. The lowest BCUT2D eigenvalue weighted by molar-refractivity contribution is 0.603. The van der Waals surface area contributed by atoms with E-state index in [1.54, 1.807) is 22.7 Å². The van der Waals surface area contributed by atoms with Crippen molar-refractivity contribution in [1.29, 1.82) is 0 Å². The molecule has 1 N–H and O–H groups in total. The lowest BCUT2D eigenvalue weighted by Gasteiger charge is -2.23. The number of anilines is 1. The number of aromatic nitrogens is 2. The first-order chi connectivity index (χ1) is 7.08. The van der Waals surface area contributed by atoms with Crippen LogP contribution in [0.5, 0.6) is 0 Å². The zero-order valence-electron chi connectivity index (χ0n) is 8.32. The number of hydrogen-bond acceptors (Lipinski definition) is 5. The Hall–Kier alpha value is -0.460. The van der Waals surface area contributed by atoms with Crippen LogP contribution < -0.4 is 5.32 Å². The summed E-state index contributed by atoms with van der Waals surface area (Å²) in [6.45, 7) is 4.20. The van der Waals surface area contributed by atoms with E-state index in [1.807, 2.05) is 17.0 Å². The molecule has 0 unspecified atom stereocenters. The maximum Gasteiger partial charge on any atom is 0.184 e. The molecule has 0 radical (unpaired) electrons. The fourth-order valence-electron chi connectivity index (χ4n) is 1.16. The van der Waals surface area contributed by atoms with Gasteiger partial charge in [0.25, 0.3) is 0 Å². The monoisotopic (exact) mass is 303 g/mol. The molecule has 0 saturated heterocycles. The maximum absolute atomic E-state index is 4.31. The molecule has 0 bridgehead atoms. The molecule has 2 heterocycles. The molecule has 6 heteroatoms. The molecule has 80 valence electrons. The Bertz CT molecular complexity index is 436. The van der Waals surface area contributed by atoms with E-state index in [0.717, 1.165) is 14.7 Å². The molecule has 0 aliphatic rings. The second-order valence-corrected chi connectivity index (χ2v) is 6.13. The van der Waals surface area contributed by atoms with Crippen LogP contribution in [0.4, 0.5) is 5.13 Å². The second kappa shape index (κ2) is 4.19. The Kier molecular flexibility index (Phi) is 3.08. The predicted octanol–water partition coefficient (Wildman–Crippen LogP) is 3.71. The quantitative estimate of drug-likeness (QED) is 0.939. The van der Waals surface area contributed by atoms with Gasteiger partial charge in [0.2, 0.25) is 0 Å². The lowest BCUT2D eigenvalue weighted by atomic mass is 10.1. The zero-order chi connectivity index (χ0) is 10.9. The highest BCUT2D eigenvalue weighted by molar-refractivity contribution is 9.10. The minimum absolute atomic E-state index is 0.175. The molecular weight excluding hydrogens is 294 g/mol. The number of hydrogen-bond donors (Lipinski definition) is 1. The van der Waals surface area contributed by atoms with Crippen LogP contribution in [-0.4, -0.2) is 9.97 Å². The van der Waals surface area contributed by atoms with Crippen LogP contribution in [0.2, 0.25) is 0 Å². The van der Waals surface area contributed by atoms with Gasteiger partial charge in [-0.2, -0.15) is 0 Å². The molecule has 0 spiro atoms. The Morgan fingerprint density at radius 3 is 2.73 bits per heavy atom. The highest BCUT2D eigenvalue weighted by Gasteiger charge is 2.23. The van der Waals surface area contributed by atoms with Gasteiger partial charge in [0.15, 0.2) is 5.13 Å². The minimum Gasteiger partial charge on any atom is -0.350 e. The third kappa shape index (κ3) is 2.56. The molecule has 15 heavy (non-hydrogen) atoms. The molecule has 2 aromatic rings. The van der Waals surface area contributed by atoms with Crippen molar-refractivity contribution in [1.82, 2.24) is 9.97 Å². The Morgan fingerprint density at radius 1 is 1.40 bits per heavy atom. The van der Waals surface area contributed by atoms with E-state index in [1.165, 1.54) is 0 Å². The smallest absolute Gasteiger partial charge is 0.184 e. The molecule has 0 aliphatic heterocycles. The third-order valence-corrected chi connectivity index (χ3v) is 4.43. The van der Waals surface area contributed by atoms with Gasteiger partial charge >= 0.3 is 0 Å². The first-order valence-electron chi connectivity index (χ1n) is 4.37. The fourth-order valence-corrected chi connectivity index (χ4v) is 3.18. The number of halogens is 1. The summed E-state index contributed by atoms with van der Waals surface area (Å²) in [6, 6.07) is 0. The Morgan fingerprint density at radius 2 is 2.20 bits per heavy atom. The minimum atomic E-state index is -0.175. The van der Waals surface area contributed by atoms with Crippen molar-refractivity contribution in [3.63, 3.8) is 0 Å². The van der Waals surface area contributed by atoms with Gasteiger partial charge in [-0.25, -0.2) is 9.97 Å². The average molecular weight is 304 g/mol. The summed E-state index contributed by atoms with van der Waals surface area (Å²) < 4.78 is 0.866. The second-order valence-electron chi connectivity index (χ2n) is 3.56. The van der Waals surface area contributed by atoms with Crippen molar-refractivity contribution in [2.45, 2.75) is 19.4 Å². The highest BCUT2D eigenvalue weighted by Crippen LogP contribution is 2.29. The van der Waals surface area contributed by atoms with Gasteiger partial charge in [-0.15, -0.1) is 22.7 Å². The molecule has 0 atom stereocenters. The van der Waals surface area contributed by atoms with Gasteiger partial charge in [0.1, 0.15) is 9.61 Å². The van der Waals surface area contributed by atoms with E-state index in [4.69, 9.17) is 0 Å². The first kappa shape index (κ1) is 11.0. The van der Waals surface area contributed by atoms with Crippen molar-refractivity contribution in [2.24, 2.45) is 0 Å². The van der Waals surface area contributed by atoms with Gasteiger partial charge in [-0.3, -0.25) is 0 Å². The zero-order valence-corrected chi connectivity index (χ0v) is 11.5. The van der Waals surface area contributed by atoms with Crippen molar-refractivity contribution >= 4 is 43.7 Å². The molecule has 2 aromatic heterocycles. The van der Waals surface area contributed by atoms with Crippen LogP contribution in [0.1, 0.15) is 18.9 Å². The summed E-state index contributed by atoms with van der Waals surface area (Å²) in [6.07, 6.45) is 1.82. The molecule has 0 amide bonds. The van der Waals surface area contributed by atoms with E-state index in [2.05, 4.69) is 45.1 Å². The topological polar surface area (TPSA) is 37.8 Å².